The smallest absolute Gasteiger partial charge is 0.274 e. The molecule has 2 aromatic rings. The number of carbonyl (C=O) groups excluding carboxylic acids is 1. The first kappa shape index (κ1) is 14.5. The number of amides is 1. The first-order chi connectivity index (χ1) is 10.6. The van der Waals surface area contributed by atoms with Crippen LogP contribution >= 0.6 is 0 Å². The summed E-state index contributed by atoms with van der Waals surface area (Å²) in [6, 6.07) is 12.8. The van der Waals surface area contributed by atoms with Crippen molar-refractivity contribution < 1.29 is 4.79 Å². The first-order valence-electron chi connectivity index (χ1n) is 7.57. The van der Waals surface area contributed by atoms with Crippen molar-refractivity contribution in [1.29, 1.82) is 0 Å². The number of aromatic nitrogens is 2. The summed E-state index contributed by atoms with van der Waals surface area (Å²) in [6.07, 6.45) is 2.34. The van der Waals surface area contributed by atoms with Gasteiger partial charge in [0, 0.05) is 12.6 Å². The molecule has 0 spiro atoms. The average molecular weight is 297 g/mol. The van der Waals surface area contributed by atoms with Crippen molar-refractivity contribution in [3.63, 3.8) is 0 Å². The summed E-state index contributed by atoms with van der Waals surface area (Å²) in [5.41, 5.74) is 1.07. The summed E-state index contributed by atoms with van der Waals surface area (Å²) >= 11 is 0. The first-order valence-corrected chi connectivity index (χ1v) is 7.57. The Labute approximate surface area is 129 Å². The Kier molecular flexibility index (Phi) is 4.04. The second-order valence-corrected chi connectivity index (χ2v) is 5.79. The summed E-state index contributed by atoms with van der Waals surface area (Å²) in [6.45, 7) is 2.76. The maximum absolute atomic E-state index is 12.8. The molecule has 3 rings (SSSR count). The van der Waals surface area contributed by atoms with Gasteiger partial charge in [-0.25, -0.2) is 5.10 Å². The van der Waals surface area contributed by atoms with Gasteiger partial charge in [0.05, 0.1) is 6.04 Å². The molecule has 1 saturated carbocycles. The fraction of sp³-hybridized carbons (Fsp3) is 0.353. The highest BCUT2D eigenvalue weighted by molar-refractivity contribution is 5.92. The summed E-state index contributed by atoms with van der Waals surface area (Å²) < 4.78 is 0. The fourth-order valence-corrected chi connectivity index (χ4v) is 2.52. The van der Waals surface area contributed by atoms with Crippen molar-refractivity contribution in [1.82, 2.24) is 15.1 Å². The van der Waals surface area contributed by atoms with E-state index in [2.05, 4.69) is 10.2 Å². The van der Waals surface area contributed by atoms with E-state index in [1.165, 1.54) is 25.0 Å². The van der Waals surface area contributed by atoms with Crippen molar-refractivity contribution in [2.75, 3.05) is 6.54 Å². The highest BCUT2D eigenvalue weighted by atomic mass is 16.2. The van der Waals surface area contributed by atoms with E-state index in [4.69, 9.17) is 0 Å². The Bertz CT molecular complexity index is 687. The van der Waals surface area contributed by atoms with E-state index in [1.807, 2.05) is 42.2 Å². The lowest BCUT2D eigenvalue weighted by molar-refractivity contribution is 0.0673. The van der Waals surface area contributed by atoms with Crippen LogP contribution in [0.15, 0.2) is 47.3 Å². The molecule has 1 amide bonds. The van der Waals surface area contributed by atoms with Gasteiger partial charge < -0.3 is 4.90 Å². The summed E-state index contributed by atoms with van der Waals surface area (Å²) in [7, 11) is 0. The lowest BCUT2D eigenvalue weighted by Crippen LogP contribution is -2.36. The third-order valence-corrected chi connectivity index (χ3v) is 4.06. The largest absolute Gasteiger partial charge is 0.330 e. The SMILES string of the molecule is C[C@@H](c1ccccc1)N(CC1CC1)C(=O)c1ccc(=O)[nH]n1. The number of H-pyrrole nitrogens is 1. The fourth-order valence-electron chi connectivity index (χ4n) is 2.52. The van der Waals surface area contributed by atoms with Crippen LogP contribution in [0.25, 0.3) is 0 Å². The van der Waals surface area contributed by atoms with E-state index in [1.54, 1.807) is 0 Å². The van der Waals surface area contributed by atoms with Gasteiger partial charge in [0.15, 0.2) is 0 Å². The summed E-state index contributed by atoms with van der Waals surface area (Å²) in [5.74, 6) is 0.442. The molecular weight excluding hydrogens is 278 g/mol. The Morgan fingerprint density at radius 2 is 2.00 bits per heavy atom. The number of rotatable bonds is 5. The second kappa shape index (κ2) is 6.13. The van der Waals surface area contributed by atoms with Crippen LogP contribution in [0.4, 0.5) is 0 Å². The lowest BCUT2D eigenvalue weighted by Gasteiger charge is -2.29. The molecule has 5 nitrogen and oxygen atoms in total. The molecule has 1 aliphatic carbocycles. The van der Waals surface area contributed by atoms with Gasteiger partial charge in [0.25, 0.3) is 11.5 Å². The van der Waals surface area contributed by atoms with Gasteiger partial charge in [-0.3, -0.25) is 9.59 Å². The van der Waals surface area contributed by atoms with E-state index >= 15 is 0 Å². The van der Waals surface area contributed by atoms with Crippen molar-refractivity contribution in [3.8, 4) is 0 Å². The third kappa shape index (κ3) is 3.24. The van der Waals surface area contributed by atoms with Gasteiger partial charge in [-0.1, -0.05) is 30.3 Å². The molecule has 1 aliphatic rings. The molecule has 114 valence electrons. The molecule has 22 heavy (non-hydrogen) atoms. The second-order valence-electron chi connectivity index (χ2n) is 5.79. The van der Waals surface area contributed by atoms with Gasteiger partial charge >= 0.3 is 0 Å². The molecule has 1 heterocycles. The lowest BCUT2D eigenvalue weighted by atomic mass is 10.1. The minimum absolute atomic E-state index is 0.0250. The molecule has 1 N–H and O–H groups in total. The Morgan fingerprint density at radius 1 is 1.27 bits per heavy atom. The monoisotopic (exact) mass is 297 g/mol. The zero-order valence-corrected chi connectivity index (χ0v) is 12.5. The molecule has 1 aromatic heterocycles. The van der Waals surface area contributed by atoms with Gasteiger partial charge in [0.1, 0.15) is 5.69 Å². The van der Waals surface area contributed by atoms with Crippen LogP contribution in [-0.4, -0.2) is 27.5 Å². The van der Waals surface area contributed by atoms with Crippen LogP contribution in [-0.2, 0) is 0 Å². The van der Waals surface area contributed by atoms with Crippen molar-refractivity contribution in [3.05, 3.63) is 64.1 Å². The van der Waals surface area contributed by atoms with Crippen LogP contribution in [0, 0.1) is 5.92 Å². The van der Waals surface area contributed by atoms with Gasteiger partial charge in [-0.05, 0) is 37.3 Å². The summed E-state index contributed by atoms with van der Waals surface area (Å²) in [5, 5.41) is 6.20. The predicted octanol–water partition coefficient (Wildman–Crippen LogP) is 2.38. The number of nitrogens with zero attached hydrogens (tertiary/aromatic N) is 2. The molecule has 0 aliphatic heterocycles. The quantitative estimate of drug-likeness (QED) is 0.921. The maximum atomic E-state index is 12.8. The molecule has 1 aromatic carbocycles. The molecule has 1 atom stereocenters. The number of benzene rings is 1. The Hall–Kier alpha value is -2.43. The summed E-state index contributed by atoms with van der Waals surface area (Å²) in [4.78, 5) is 25.7. The van der Waals surface area contributed by atoms with Crippen LogP contribution < -0.4 is 5.56 Å². The average Bonchev–Trinajstić information content (AvgIpc) is 3.37. The maximum Gasteiger partial charge on any atom is 0.274 e. The van der Waals surface area contributed by atoms with Gasteiger partial charge in [0.2, 0.25) is 0 Å². The van der Waals surface area contributed by atoms with Crippen molar-refractivity contribution in [2.45, 2.75) is 25.8 Å². The minimum atomic E-state index is -0.304. The number of carbonyl (C=O) groups is 1. The molecule has 0 saturated heterocycles. The zero-order valence-electron chi connectivity index (χ0n) is 12.5. The van der Waals surface area contributed by atoms with Crippen LogP contribution in [0.1, 0.15) is 41.9 Å². The third-order valence-electron chi connectivity index (χ3n) is 4.06. The highest BCUT2D eigenvalue weighted by Crippen LogP contribution is 2.33. The molecule has 5 heteroatoms. The van der Waals surface area contributed by atoms with E-state index in [-0.39, 0.29) is 23.2 Å². The van der Waals surface area contributed by atoms with E-state index < -0.39 is 0 Å². The van der Waals surface area contributed by atoms with Crippen molar-refractivity contribution >= 4 is 5.91 Å². The van der Waals surface area contributed by atoms with Crippen LogP contribution in [0.5, 0.6) is 0 Å². The normalized spacial score (nSPS) is 15.3. The van der Waals surface area contributed by atoms with Crippen LogP contribution in [0.2, 0.25) is 0 Å². The minimum Gasteiger partial charge on any atom is -0.330 e. The highest BCUT2D eigenvalue weighted by Gasteiger charge is 2.31. The van der Waals surface area contributed by atoms with Crippen molar-refractivity contribution in [2.24, 2.45) is 5.92 Å². The molecule has 0 bridgehead atoms. The Morgan fingerprint density at radius 3 is 2.59 bits per heavy atom. The van der Waals surface area contributed by atoms with Crippen LogP contribution in [0.3, 0.4) is 0 Å². The van der Waals surface area contributed by atoms with E-state index in [0.717, 1.165) is 12.1 Å². The number of hydrogen-bond donors (Lipinski definition) is 1. The topological polar surface area (TPSA) is 66.1 Å². The van der Waals surface area contributed by atoms with E-state index in [9.17, 15) is 9.59 Å². The zero-order chi connectivity index (χ0) is 15.5. The Balaban J connectivity index is 1.86. The van der Waals surface area contributed by atoms with E-state index in [0.29, 0.717) is 5.92 Å². The standard InChI is InChI=1S/C17H19N3O2/c1-12(14-5-3-2-4-6-14)20(11-13-7-8-13)17(22)15-9-10-16(21)19-18-15/h2-6,9-10,12-13H,7-8,11H2,1H3,(H,19,21)/t12-/m0/s1. The number of nitrogens with one attached hydrogen (secondary N) is 1. The molecular formula is C17H19N3O2. The molecule has 1 fully saturated rings. The molecule has 0 unspecified atom stereocenters. The number of hydrogen-bond acceptors (Lipinski definition) is 3. The predicted molar refractivity (Wildman–Crippen MR) is 83.5 cm³/mol. The van der Waals surface area contributed by atoms with Gasteiger partial charge in [-0.15, -0.1) is 0 Å². The van der Waals surface area contributed by atoms with Gasteiger partial charge in [-0.2, -0.15) is 5.10 Å². The molecule has 0 radical (unpaired) electrons. The number of aromatic amines is 1.